The van der Waals surface area contributed by atoms with Crippen LogP contribution in [0.5, 0.6) is 0 Å². The molecule has 4 nitrogen and oxygen atoms in total. The van der Waals surface area contributed by atoms with E-state index in [2.05, 4.69) is 19.6 Å². The van der Waals surface area contributed by atoms with Crippen molar-refractivity contribution in [2.45, 2.75) is 76.7 Å². The van der Waals surface area contributed by atoms with Gasteiger partial charge in [-0.3, -0.25) is 9.59 Å². The van der Waals surface area contributed by atoms with Crippen molar-refractivity contribution in [2.75, 3.05) is 6.61 Å². The summed E-state index contributed by atoms with van der Waals surface area (Å²) in [6, 6.07) is 0. The van der Waals surface area contributed by atoms with Gasteiger partial charge in [-0.15, -0.1) is 6.58 Å². The maximum absolute atomic E-state index is 12.2. The minimum absolute atomic E-state index is 0.0176. The fourth-order valence-corrected chi connectivity index (χ4v) is 3.54. The average molecular weight is 377 g/mol. The molecule has 3 atom stereocenters. The number of aliphatic hydroxyl groups is 2. The number of carbonyl (C=O) groups is 2. The lowest BCUT2D eigenvalue weighted by atomic mass is 9.89. The summed E-state index contributed by atoms with van der Waals surface area (Å²) < 4.78 is 0. The summed E-state index contributed by atoms with van der Waals surface area (Å²) in [4.78, 5) is 23.2. The Morgan fingerprint density at radius 2 is 2.07 bits per heavy atom. The van der Waals surface area contributed by atoms with Gasteiger partial charge in [-0.2, -0.15) is 0 Å². The molecule has 152 valence electrons. The van der Waals surface area contributed by atoms with Crippen LogP contribution in [0, 0.1) is 11.8 Å². The highest BCUT2D eigenvalue weighted by atomic mass is 16.3. The third-order valence-corrected chi connectivity index (χ3v) is 5.41. The molecule has 4 heteroatoms. The maximum atomic E-state index is 12.2. The van der Waals surface area contributed by atoms with Crippen LogP contribution in [0.25, 0.3) is 0 Å². The first-order valence-corrected chi connectivity index (χ1v) is 10.3. The minimum Gasteiger partial charge on any atom is -0.389 e. The van der Waals surface area contributed by atoms with Crippen LogP contribution in [0.2, 0.25) is 0 Å². The van der Waals surface area contributed by atoms with E-state index in [4.69, 9.17) is 5.11 Å². The van der Waals surface area contributed by atoms with E-state index in [1.807, 2.05) is 18.2 Å². The summed E-state index contributed by atoms with van der Waals surface area (Å²) in [5, 5.41) is 19.2. The Hall–Kier alpha value is -1.52. The Balaban J connectivity index is 2.46. The van der Waals surface area contributed by atoms with Gasteiger partial charge in [-0.05, 0) is 44.4 Å². The Morgan fingerprint density at radius 3 is 2.74 bits per heavy atom. The van der Waals surface area contributed by atoms with Gasteiger partial charge in [0.2, 0.25) is 0 Å². The zero-order valence-electron chi connectivity index (χ0n) is 16.7. The van der Waals surface area contributed by atoms with Crippen molar-refractivity contribution in [2.24, 2.45) is 11.8 Å². The SMILES string of the molecule is C=CC(O)(CC=C[C@H]1CCC(=O)[C@@H]1CC=CCCCC(=O)CO)CCCC. The van der Waals surface area contributed by atoms with Crippen molar-refractivity contribution in [3.63, 3.8) is 0 Å². The highest BCUT2D eigenvalue weighted by molar-refractivity contribution is 5.83. The number of aliphatic hydroxyl groups excluding tert-OH is 1. The predicted octanol–water partition coefficient (Wildman–Crippen LogP) is 4.31. The molecule has 2 N–H and O–H groups in total. The molecule has 1 aliphatic carbocycles. The van der Waals surface area contributed by atoms with Gasteiger partial charge in [0.25, 0.3) is 0 Å². The fraction of sp³-hybridized carbons (Fsp3) is 0.652. The minimum atomic E-state index is -0.851. The first kappa shape index (κ1) is 23.5. The second-order valence-electron chi connectivity index (χ2n) is 7.61. The van der Waals surface area contributed by atoms with E-state index in [9.17, 15) is 14.7 Å². The number of hydrogen-bond acceptors (Lipinski definition) is 4. The topological polar surface area (TPSA) is 74.6 Å². The molecule has 0 saturated heterocycles. The van der Waals surface area contributed by atoms with E-state index in [1.54, 1.807) is 6.08 Å². The summed E-state index contributed by atoms with van der Waals surface area (Å²) in [6.45, 7) is 5.48. The van der Waals surface area contributed by atoms with Crippen LogP contribution < -0.4 is 0 Å². The summed E-state index contributed by atoms with van der Waals surface area (Å²) in [6.07, 6.45) is 17.2. The van der Waals surface area contributed by atoms with Gasteiger partial charge in [0.1, 0.15) is 12.4 Å². The standard InChI is InChI=1S/C23H36O4/c1-3-5-16-23(27,4-2)17-10-11-19-14-15-22(26)21(19)13-9-7-6-8-12-20(25)18-24/h4,7,9-11,19,21,24,27H,2-3,5-6,8,12-18H2,1H3/t19-,21+,23?/m0/s1. The number of ketones is 2. The smallest absolute Gasteiger partial charge is 0.158 e. The molecule has 0 aromatic rings. The molecule has 0 bridgehead atoms. The molecule has 0 aromatic heterocycles. The summed E-state index contributed by atoms with van der Waals surface area (Å²) in [7, 11) is 0. The lowest BCUT2D eigenvalue weighted by Gasteiger charge is -2.22. The first-order chi connectivity index (χ1) is 13.0. The molecular formula is C23H36O4. The molecule has 1 fully saturated rings. The Bertz CT molecular complexity index is 534. The third-order valence-electron chi connectivity index (χ3n) is 5.41. The van der Waals surface area contributed by atoms with Crippen LogP contribution >= 0.6 is 0 Å². The molecule has 27 heavy (non-hydrogen) atoms. The quantitative estimate of drug-likeness (QED) is 0.350. The van der Waals surface area contributed by atoms with Gasteiger partial charge in [0, 0.05) is 18.8 Å². The van der Waals surface area contributed by atoms with Crippen LogP contribution in [-0.2, 0) is 9.59 Å². The van der Waals surface area contributed by atoms with E-state index in [0.29, 0.717) is 31.5 Å². The zero-order valence-corrected chi connectivity index (χ0v) is 16.7. The molecule has 1 rings (SSSR count). The molecule has 0 amide bonds. The Kier molecular flexibility index (Phi) is 11.1. The van der Waals surface area contributed by atoms with Crippen molar-refractivity contribution >= 4 is 11.6 Å². The lowest BCUT2D eigenvalue weighted by molar-refractivity contribution is -0.122. The number of hydrogen-bond donors (Lipinski definition) is 2. The molecule has 1 aliphatic rings. The number of unbranched alkanes of at least 4 members (excludes halogenated alkanes) is 2. The largest absolute Gasteiger partial charge is 0.389 e. The molecule has 0 aromatic carbocycles. The number of Topliss-reactive ketones (excluding diaryl/α,β-unsaturated/α-hetero) is 2. The zero-order chi connectivity index (χ0) is 20.1. The van der Waals surface area contributed by atoms with E-state index in [1.165, 1.54) is 0 Å². The van der Waals surface area contributed by atoms with Gasteiger partial charge in [-0.1, -0.05) is 50.1 Å². The summed E-state index contributed by atoms with van der Waals surface area (Å²) >= 11 is 0. The van der Waals surface area contributed by atoms with Crippen molar-refractivity contribution in [1.82, 2.24) is 0 Å². The highest BCUT2D eigenvalue weighted by Crippen LogP contribution is 2.33. The van der Waals surface area contributed by atoms with Crippen molar-refractivity contribution in [3.05, 3.63) is 37.0 Å². The molecule has 0 spiro atoms. The summed E-state index contributed by atoms with van der Waals surface area (Å²) in [5.41, 5.74) is -0.851. The second-order valence-corrected chi connectivity index (χ2v) is 7.61. The van der Waals surface area contributed by atoms with E-state index in [0.717, 1.165) is 38.5 Å². The monoisotopic (exact) mass is 376 g/mol. The van der Waals surface area contributed by atoms with Crippen LogP contribution in [0.4, 0.5) is 0 Å². The van der Waals surface area contributed by atoms with Crippen molar-refractivity contribution in [3.8, 4) is 0 Å². The van der Waals surface area contributed by atoms with Gasteiger partial charge in [-0.25, -0.2) is 0 Å². The molecular weight excluding hydrogens is 340 g/mol. The number of rotatable bonds is 14. The number of allylic oxidation sites excluding steroid dienone is 3. The molecule has 1 unspecified atom stereocenters. The fourth-order valence-electron chi connectivity index (χ4n) is 3.54. The van der Waals surface area contributed by atoms with Crippen LogP contribution in [-0.4, -0.2) is 34.0 Å². The van der Waals surface area contributed by atoms with Crippen molar-refractivity contribution < 1.29 is 19.8 Å². The van der Waals surface area contributed by atoms with Gasteiger partial charge >= 0.3 is 0 Å². The molecule has 0 heterocycles. The van der Waals surface area contributed by atoms with E-state index in [-0.39, 0.29) is 24.2 Å². The van der Waals surface area contributed by atoms with E-state index >= 15 is 0 Å². The Morgan fingerprint density at radius 1 is 1.30 bits per heavy atom. The lowest BCUT2D eigenvalue weighted by Crippen LogP contribution is -2.24. The van der Waals surface area contributed by atoms with Gasteiger partial charge < -0.3 is 10.2 Å². The summed E-state index contributed by atoms with van der Waals surface area (Å²) in [5.74, 6) is 0.440. The van der Waals surface area contributed by atoms with Gasteiger partial charge in [0.05, 0.1) is 5.60 Å². The molecule has 1 saturated carbocycles. The number of carbonyl (C=O) groups excluding carboxylic acids is 2. The van der Waals surface area contributed by atoms with Crippen LogP contribution in [0.1, 0.15) is 71.1 Å². The molecule has 0 radical (unpaired) electrons. The first-order valence-electron chi connectivity index (χ1n) is 10.3. The second kappa shape index (κ2) is 12.8. The predicted molar refractivity (Wildman–Crippen MR) is 109 cm³/mol. The Labute approximate surface area is 164 Å². The third kappa shape index (κ3) is 8.81. The molecule has 0 aliphatic heterocycles. The van der Waals surface area contributed by atoms with E-state index < -0.39 is 5.60 Å². The average Bonchev–Trinajstić information content (AvgIpc) is 3.02. The van der Waals surface area contributed by atoms with Crippen LogP contribution in [0.15, 0.2) is 37.0 Å². The highest BCUT2D eigenvalue weighted by Gasteiger charge is 2.32. The normalized spacial score (nSPS) is 22.6. The maximum Gasteiger partial charge on any atom is 0.158 e. The van der Waals surface area contributed by atoms with Crippen LogP contribution in [0.3, 0.4) is 0 Å². The van der Waals surface area contributed by atoms with Gasteiger partial charge in [0.15, 0.2) is 5.78 Å². The van der Waals surface area contributed by atoms with Crippen molar-refractivity contribution in [1.29, 1.82) is 0 Å².